The third-order valence-corrected chi connectivity index (χ3v) is 1.90. The van der Waals surface area contributed by atoms with E-state index in [1.165, 1.54) is 0 Å². The molecule has 0 aliphatic carbocycles. The van der Waals surface area contributed by atoms with Crippen LogP contribution in [0.25, 0.3) is 0 Å². The van der Waals surface area contributed by atoms with Crippen molar-refractivity contribution in [1.82, 2.24) is 9.97 Å². The quantitative estimate of drug-likeness (QED) is 0.715. The van der Waals surface area contributed by atoms with E-state index in [1.807, 2.05) is 0 Å². The lowest BCUT2D eigenvalue weighted by molar-refractivity contribution is 0.0759. The fourth-order valence-electron chi connectivity index (χ4n) is 0.926. The van der Waals surface area contributed by atoms with Gasteiger partial charge in [-0.05, 0) is 0 Å². The Bertz CT molecular complexity index is 286. The van der Waals surface area contributed by atoms with Gasteiger partial charge in [0.05, 0.1) is 19.8 Å². The van der Waals surface area contributed by atoms with Gasteiger partial charge in [-0.15, -0.1) is 0 Å². The molecule has 15 heavy (non-hydrogen) atoms. The van der Waals surface area contributed by atoms with Crippen molar-refractivity contribution < 1.29 is 9.47 Å². The van der Waals surface area contributed by atoms with Gasteiger partial charge < -0.3 is 14.8 Å². The average Bonchev–Trinajstić information content (AvgIpc) is 2.25. The van der Waals surface area contributed by atoms with Crippen LogP contribution in [0.2, 0.25) is 5.15 Å². The molecule has 0 bridgehead atoms. The molecule has 5 nitrogen and oxygen atoms in total. The molecule has 0 aliphatic rings. The van der Waals surface area contributed by atoms with E-state index >= 15 is 0 Å². The Morgan fingerprint density at radius 3 is 2.80 bits per heavy atom. The summed E-state index contributed by atoms with van der Waals surface area (Å²) in [5, 5.41) is 3.39. The van der Waals surface area contributed by atoms with E-state index in [1.54, 1.807) is 19.5 Å². The number of halogens is 1. The zero-order valence-electron chi connectivity index (χ0n) is 8.57. The third-order valence-electron chi connectivity index (χ3n) is 1.62. The smallest absolute Gasteiger partial charge is 0.171 e. The van der Waals surface area contributed by atoms with E-state index in [4.69, 9.17) is 21.1 Å². The Morgan fingerprint density at radius 1 is 1.27 bits per heavy atom. The molecule has 1 aromatic rings. The fraction of sp³-hybridized carbons (Fsp3) is 0.556. The Hall–Kier alpha value is -0.910. The lowest BCUT2D eigenvalue weighted by Crippen LogP contribution is -2.13. The highest BCUT2D eigenvalue weighted by atomic mass is 35.5. The van der Waals surface area contributed by atoms with Crippen LogP contribution in [-0.4, -0.2) is 43.4 Å². The van der Waals surface area contributed by atoms with Gasteiger partial charge in [0.15, 0.2) is 11.0 Å². The number of anilines is 1. The minimum absolute atomic E-state index is 0.370. The Morgan fingerprint density at radius 2 is 2.07 bits per heavy atom. The first-order valence-corrected chi connectivity index (χ1v) is 4.99. The summed E-state index contributed by atoms with van der Waals surface area (Å²) in [6.45, 7) is 2.41. The van der Waals surface area contributed by atoms with Crippen LogP contribution < -0.4 is 5.32 Å². The number of hydrogen-bond acceptors (Lipinski definition) is 5. The van der Waals surface area contributed by atoms with E-state index in [9.17, 15) is 0 Å². The summed E-state index contributed by atoms with van der Waals surface area (Å²) < 4.78 is 10.1. The Kier molecular flexibility index (Phi) is 5.99. The van der Waals surface area contributed by atoms with Gasteiger partial charge in [-0.3, -0.25) is 0 Å². The van der Waals surface area contributed by atoms with Crippen molar-refractivity contribution in [2.24, 2.45) is 0 Å². The number of ether oxygens (including phenoxy) is 2. The summed E-state index contributed by atoms with van der Waals surface area (Å²) in [4.78, 5) is 7.91. The predicted octanol–water partition coefficient (Wildman–Crippen LogP) is 1.20. The van der Waals surface area contributed by atoms with Gasteiger partial charge in [0.2, 0.25) is 0 Å². The van der Waals surface area contributed by atoms with Gasteiger partial charge in [-0.2, -0.15) is 0 Å². The number of rotatable bonds is 7. The maximum Gasteiger partial charge on any atom is 0.171 e. The van der Waals surface area contributed by atoms with Crippen LogP contribution in [0.5, 0.6) is 0 Å². The third kappa shape index (κ3) is 4.92. The van der Waals surface area contributed by atoms with Crippen LogP contribution in [-0.2, 0) is 9.47 Å². The molecule has 0 spiro atoms. The number of aromatic nitrogens is 2. The van der Waals surface area contributed by atoms with Gasteiger partial charge in [0, 0.05) is 26.0 Å². The molecule has 84 valence electrons. The topological polar surface area (TPSA) is 56.3 Å². The van der Waals surface area contributed by atoms with Gasteiger partial charge >= 0.3 is 0 Å². The molecule has 1 rings (SSSR count). The van der Waals surface area contributed by atoms with E-state index in [-0.39, 0.29) is 0 Å². The largest absolute Gasteiger partial charge is 0.382 e. The zero-order valence-corrected chi connectivity index (χ0v) is 9.33. The van der Waals surface area contributed by atoms with Gasteiger partial charge in [0.25, 0.3) is 0 Å². The SMILES string of the molecule is COCCOCCNc1nccnc1Cl. The molecule has 0 aromatic carbocycles. The van der Waals surface area contributed by atoms with Crippen molar-refractivity contribution in [2.45, 2.75) is 0 Å². The molecular formula is C9H14ClN3O2. The second-order valence-electron chi connectivity index (χ2n) is 2.73. The van der Waals surface area contributed by atoms with Crippen LogP contribution in [0.1, 0.15) is 0 Å². The molecule has 0 amide bonds. The first kappa shape index (κ1) is 12.2. The van der Waals surface area contributed by atoms with Gasteiger partial charge in [0.1, 0.15) is 0 Å². The maximum absolute atomic E-state index is 5.79. The standard InChI is InChI=1S/C9H14ClN3O2/c1-14-6-7-15-5-4-13-9-8(10)11-2-3-12-9/h2-3H,4-7H2,1H3,(H,12,13). The molecule has 0 aliphatic heterocycles. The van der Waals surface area contributed by atoms with Crippen LogP contribution in [0.15, 0.2) is 12.4 Å². The van der Waals surface area contributed by atoms with Gasteiger partial charge in [-0.25, -0.2) is 9.97 Å². The van der Waals surface area contributed by atoms with Crippen LogP contribution in [0.3, 0.4) is 0 Å². The zero-order chi connectivity index (χ0) is 10.9. The summed E-state index contributed by atoms with van der Waals surface area (Å²) in [5.74, 6) is 0.578. The minimum Gasteiger partial charge on any atom is -0.382 e. The summed E-state index contributed by atoms with van der Waals surface area (Å²) >= 11 is 5.79. The minimum atomic E-state index is 0.370. The molecule has 0 saturated carbocycles. The van der Waals surface area contributed by atoms with Crippen molar-refractivity contribution in [3.8, 4) is 0 Å². The van der Waals surface area contributed by atoms with Crippen LogP contribution in [0.4, 0.5) is 5.82 Å². The second-order valence-corrected chi connectivity index (χ2v) is 3.09. The Balaban J connectivity index is 2.12. The van der Waals surface area contributed by atoms with Crippen molar-refractivity contribution in [3.05, 3.63) is 17.5 Å². The highest BCUT2D eigenvalue weighted by molar-refractivity contribution is 6.31. The highest BCUT2D eigenvalue weighted by Crippen LogP contribution is 2.13. The molecule has 0 atom stereocenters. The summed E-state index contributed by atoms with van der Waals surface area (Å²) in [5.41, 5.74) is 0. The molecule has 1 aromatic heterocycles. The molecule has 1 heterocycles. The van der Waals surface area contributed by atoms with Gasteiger partial charge in [-0.1, -0.05) is 11.6 Å². The fourth-order valence-corrected chi connectivity index (χ4v) is 1.10. The summed E-state index contributed by atoms with van der Waals surface area (Å²) in [7, 11) is 1.64. The molecule has 0 fully saturated rings. The average molecular weight is 232 g/mol. The van der Waals surface area contributed by atoms with E-state index in [0.717, 1.165) is 0 Å². The molecule has 0 unspecified atom stereocenters. The summed E-state index contributed by atoms with van der Waals surface area (Å²) in [6, 6.07) is 0. The normalized spacial score (nSPS) is 10.3. The van der Waals surface area contributed by atoms with E-state index in [0.29, 0.717) is 37.3 Å². The first-order chi connectivity index (χ1) is 7.34. The predicted molar refractivity (Wildman–Crippen MR) is 58.2 cm³/mol. The first-order valence-electron chi connectivity index (χ1n) is 4.61. The number of methoxy groups -OCH3 is 1. The second kappa shape index (κ2) is 7.39. The lowest BCUT2D eigenvalue weighted by atomic mass is 10.6. The van der Waals surface area contributed by atoms with Crippen molar-refractivity contribution in [2.75, 3.05) is 38.8 Å². The van der Waals surface area contributed by atoms with E-state index in [2.05, 4.69) is 15.3 Å². The maximum atomic E-state index is 5.79. The molecule has 6 heteroatoms. The highest BCUT2D eigenvalue weighted by Gasteiger charge is 1.99. The molecule has 0 radical (unpaired) electrons. The summed E-state index contributed by atoms with van der Waals surface area (Å²) in [6.07, 6.45) is 3.13. The van der Waals surface area contributed by atoms with Crippen molar-refractivity contribution in [1.29, 1.82) is 0 Å². The molecule has 1 N–H and O–H groups in total. The van der Waals surface area contributed by atoms with Crippen molar-refractivity contribution >= 4 is 17.4 Å². The molecular weight excluding hydrogens is 218 g/mol. The number of nitrogens with zero attached hydrogens (tertiary/aromatic N) is 2. The van der Waals surface area contributed by atoms with Crippen molar-refractivity contribution in [3.63, 3.8) is 0 Å². The Labute approximate surface area is 93.8 Å². The monoisotopic (exact) mass is 231 g/mol. The number of nitrogens with one attached hydrogen (secondary N) is 1. The number of hydrogen-bond donors (Lipinski definition) is 1. The van der Waals surface area contributed by atoms with Crippen LogP contribution in [0, 0.1) is 0 Å². The molecule has 0 saturated heterocycles. The van der Waals surface area contributed by atoms with E-state index < -0.39 is 0 Å². The lowest BCUT2D eigenvalue weighted by Gasteiger charge is -2.06. The van der Waals surface area contributed by atoms with Crippen LogP contribution >= 0.6 is 11.6 Å².